The Kier molecular flexibility index (Phi) is 2.95. The van der Waals surface area contributed by atoms with Crippen LogP contribution in [-0.2, 0) is 0 Å². The minimum absolute atomic E-state index is 0.355. The highest BCUT2D eigenvalue weighted by Gasteiger charge is 2.17. The van der Waals surface area contributed by atoms with Crippen molar-refractivity contribution in [1.29, 1.82) is 0 Å². The molecule has 1 atom stereocenters. The molecule has 0 aliphatic heterocycles. The first kappa shape index (κ1) is 11.1. The maximum atomic E-state index is 10.5. The second kappa shape index (κ2) is 4.24. The van der Waals surface area contributed by atoms with Gasteiger partial charge in [0.25, 0.3) is 0 Å². The van der Waals surface area contributed by atoms with Gasteiger partial charge in [-0.15, -0.1) is 0 Å². The summed E-state index contributed by atoms with van der Waals surface area (Å²) >= 11 is 2.12. The first-order chi connectivity index (χ1) is 7.59. The van der Waals surface area contributed by atoms with Gasteiger partial charge < -0.3 is 10.4 Å². The van der Waals surface area contributed by atoms with Crippen molar-refractivity contribution < 1.29 is 9.90 Å². The molecule has 0 saturated carbocycles. The molecule has 0 bridgehead atoms. The molecule has 7 heteroatoms. The number of rotatable bonds is 2. The van der Waals surface area contributed by atoms with E-state index in [1.54, 1.807) is 19.2 Å². The molecule has 0 radical (unpaired) electrons. The van der Waals surface area contributed by atoms with Gasteiger partial charge in [-0.3, -0.25) is 4.40 Å². The topological polar surface area (TPSA) is 79.5 Å². The molecule has 16 heavy (non-hydrogen) atoms. The number of halogens is 1. The molecule has 0 saturated heterocycles. The summed E-state index contributed by atoms with van der Waals surface area (Å²) in [7, 11) is 0. The lowest BCUT2D eigenvalue weighted by Crippen LogP contribution is -2.25. The van der Waals surface area contributed by atoms with E-state index in [0.29, 0.717) is 11.5 Å². The highest BCUT2D eigenvalue weighted by atomic mass is 127. The summed E-state index contributed by atoms with van der Waals surface area (Å²) in [5, 5.41) is 11.0. The number of hydrogen-bond donors (Lipinski definition) is 2. The van der Waals surface area contributed by atoms with E-state index in [0.717, 1.165) is 3.70 Å². The predicted molar refractivity (Wildman–Crippen MR) is 65.3 cm³/mol. The third kappa shape index (κ3) is 1.94. The van der Waals surface area contributed by atoms with E-state index in [2.05, 4.69) is 37.9 Å². The zero-order valence-corrected chi connectivity index (χ0v) is 10.5. The van der Waals surface area contributed by atoms with Gasteiger partial charge in [0.2, 0.25) is 5.78 Å². The van der Waals surface area contributed by atoms with Crippen LogP contribution in [0.5, 0.6) is 0 Å². The maximum absolute atomic E-state index is 10.5. The Hall–Kier alpha value is -1.38. The molecule has 2 aromatic rings. The van der Waals surface area contributed by atoms with Gasteiger partial charge >= 0.3 is 6.09 Å². The minimum Gasteiger partial charge on any atom is -0.465 e. The van der Waals surface area contributed by atoms with Crippen molar-refractivity contribution in [2.75, 3.05) is 0 Å². The van der Waals surface area contributed by atoms with Crippen LogP contribution < -0.4 is 5.32 Å². The fraction of sp³-hybridized carbons (Fsp3) is 0.222. The molecule has 2 heterocycles. The van der Waals surface area contributed by atoms with Crippen LogP contribution in [0.2, 0.25) is 0 Å². The molecule has 2 aromatic heterocycles. The van der Waals surface area contributed by atoms with Crippen LogP contribution in [0.4, 0.5) is 4.79 Å². The molecule has 0 fully saturated rings. The minimum atomic E-state index is -1.06. The second-order valence-corrected chi connectivity index (χ2v) is 4.27. The van der Waals surface area contributed by atoms with Crippen LogP contribution in [0.15, 0.2) is 18.5 Å². The molecule has 0 aliphatic carbocycles. The van der Waals surface area contributed by atoms with Gasteiger partial charge in [0.05, 0.1) is 11.7 Å². The van der Waals surface area contributed by atoms with Crippen LogP contribution in [-0.4, -0.2) is 25.6 Å². The first-order valence-electron chi connectivity index (χ1n) is 4.57. The van der Waals surface area contributed by atoms with Crippen LogP contribution in [0.25, 0.3) is 5.78 Å². The quantitative estimate of drug-likeness (QED) is 0.820. The van der Waals surface area contributed by atoms with E-state index < -0.39 is 6.09 Å². The van der Waals surface area contributed by atoms with Crippen LogP contribution in [0.3, 0.4) is 0 Å². The van der Waals surface area contributed by atoms with Gasteiger partial charge in [0.1, 0.15) is 3.70 Å². The van der Waals surface area contributed by atoms with E-state index in [1.807, 2.05) is 10.6 Å². The van der Waals surface area contributed by atoms with E-state index >= 15 is 0 Å². The van der Waals surface area contributed by atoms with Gasteiger partial charge in [-0.25, -0.2) is 14.8 Å². The Bertz CT molecular complexity index is 539. The first-order valence-corrected chi connectivity index (χ1v) is 5.65. The highest BCUT2D eigenvalue weighted by Crippen LogP contribution is 2.19. The average molecular weight is 332 g/mol. The SMILES string of the molecule is CC(NC(=O)O)c1nc2ncccn2c1I. The number of fused-ring (bicyclic) bond motifs is 1. The largest absolute Gasteiger partial charge is 0.465 e. The lowest BCUT2D eigenvalue weighted by Gasteiger charge is -2.08. The van der Waals surface area contributed by atoms with Gasteiger partial charge in [-0.05, 0) is 35.6 Å². The zero-order valence-electron chi connectivity index (χ0n) is 8.38. The van der Waals surface area contributed by atoms with E-state index in [4.69, 9.17) is 5.11 Å². The van der Waals surface area contributed by atoms with Crippen LogP contribution in [0.1, 0.15) is 18.7 Å². The van der Waals surface area contributed by atoms with Crippen molar-refractivity contribution in [3.05, 3.63) is 27.9 Å². The number of aromatic nitrogens is 3. The number of hydrogen-bond acceptors (Lipinski definition) is 3. The van der Waals surface area contributed by atoms with Crippen molar-refractivity contribution in [3.8, 4) is 0 Å². The molecule has 0 aromatic carbocycles. The Morgan fingerprint density at radius 3 is 3.06 bits per heavy atom. The molecular weight excluding hydrogens is 323 g/mol. The van der Waals surface area contributed by atoms with Gasteiger partial charge in [-0.2, -0.15) is 0 Å². The summed E-state index contributed by atoms with van der Waals surface area (Å²) in [6.45, 7) is 1.75. The van der Waals surface area contributed by atoms with E-state index in [-0.39, 0.29) is 6.04 Å². The maximum Gasteiger partial charge on any atom is 0.405 e. The van der Waals surface area contributed by atoms with Crippen molar-refractivity contribution in [1.82, 2.24) is 19.7 Å². The number of carboxylic acid groups (broad SMARTS) is 1. The third-order valence-corrected chi connectivity index (χ3v) is 3.19. The Morgan fingerprint density at radius 1 is 1.69 bits per heavy atom. The van der Waals surface area contributed by atoms with E-state index in [9.17, 15) is 4.79 Å². The summed E-state index contributed by atoms with van der Waals surface area (Å²) in [5.74, 6) is 0.570. The normalized spacial score (nSPS) is 12.6. The second-order valence-electron chi connectivity index (χ2n) is 3.25. The lowest BCUT2D eigenvalue weighted by molar-refractivity contribution is 0.190. The fourth-order valence-corrected chi connectivity index (χ4v) is 2.37. The molecule has 1 unspecified atom stereocenters. The van der Waals surface area contributed by atoms with Crippen molar-refractivity contribution >= 4 is 34.5 Å². The summed E-state index contributed by atoms with van der Waals surface area (Å²) in [5.41, 5.74) is 0.682. The number of nitrogens with one attached hydrogen (secondary N) is 1. The summed E-state index contributed by atoms with van der Waals surface area (Å²) in [6.07, 6.45) is 2.43. The Labute approximate surface area is 105 Å². The monoisotopic (exact) mass is 332 g/mol. The molecule has 84 valence electrons. The van der Waals surface area contributed by atoms with Crippen molar-refractivity contribution in [2.24, 2.45) is 0 Å². The lowest BCUT2D eigenvalue weighted by atomic mass is 10.3. The third-order valence-electron chi connectivity index (χ3n) is 2.12. The van der Waals surface area contributed by atoms with Crippen molar-refractivity contribution in [3.63, 3.8) is 0 Å². The number of imidazole rings is 1. The van der Waals surface area contributed by atoms with Crippen molar-refractivity contribution in [2.45, 2.75) is 13.0 Å². The van der Waals surface area contributed by atoms with Gasteiger partial charge in [0, 0.05) is 12.4 Å². The zero-order chi connectivity index (χ0) is 11.7. The van der Waals surface area contributed by atoms with Gasteiger partial charge in [-0.1, -0.05) is 0 Å². The van der Waals surface area contributed by atoms with E-state index in [1.165, 1.54) is 0 Å². The highest BCUT2D eigenvalue weighted by molar-refractivity contribution is 14.1. The van der Waals surface area contributed by atoms with Crippen LogP contribution >= 0.6 is 22.6 Å². The number of carbonyl (C=O) groups is 1. The average Bonchev–Trinajstić information content (AvgIpc) is 2.56. The molecule has 0 spiro atoms. The molecule has 2 rings (SSSR count). The number of amides is 1. The summed E-state index contributed by atoms with van der Waals surface area (Å²) in [6, 6.07) is 1.45. The fourth-order valence-electron chi connectivity index (χ4n) is 1.41. The molecular formula is C9H9IN4O2. The molecule has 2 N–H and O–H groups in total. The van der Waals surface area contributed by atoms with Gasteiger partial charge in [0.15, 0.2) is 0 Å². The Balaban J connectivity index is 2.45. The summed E-state index contributed by atoms with van der Waals surface area (Å²) < 4.78 is 2.68. The standard InChI is InChI=1S/C9H9IN4O2/c1-5(12-9(15)16)6-7(10)14-4-2-3-11-8(14)13-6/h2-5,12H,1H3,(H,15,16). The Morgan fingerprint density at radius 2 is 2.44 bits per heavy atom. The number of nitrogens with zero attached hydrogens (tertiary/aromatic N) is 3. The molecule has 0 aliphatic rings. The smallest absolute Gasteiger partial charge is 0.405 e. The molecule has 1 amide bonds. The predicted octanol–water partition coefficient (Wildman–Crippen LogP) is 1.66. The van der Waals surface area contributed by atoms with Crippen LogP contribution in [0, 0.1) is 3.70 Å². The summed E-state index contributed by atoms with van der Waals surface area (Å²) in [4.78, 5) is 18.9. The molecule has 6 nitrogen and oxygen atoms in total.